The summed E-state index contributed by atoms with van der Waals surface area (Å²) >= 11 is 0. The van der Waals surface area contributed by atoms with Crippen molar-refractivity contribution in [3.8, 4) is 0 Å². The van der Waals surface area contributed by atoms with Gasteiger partial charge in [0, 0.05) is 37.6 Å². The molecule has 2 rings (SSSR count). The molecular formula is C14H25N3O2S. The van der Waals surface area contributed by atoms with E-state index in [9.17, 15) is 8.42 Å². The van der Waals surface area contributed by atoms with Gasteiger partial charge in [-0.15, -0.1) is 0 Å². The molecule has 1 aromatic heterocycles. The molecular weight excluding hydrogens is 274 g/mol. The molecule has 0 amide bonds. The third-order valence-electron chi connectivity index (χ3n) is 3.76. The Labute approximate surface area is 121 Å². The molecule has 20 heavy (non-hydrogen) atoms. The van der Waals surface area contributed by atoms with Gasteiger partial charge in [-0.05, 0) is 18.9 Å². The van der Waals surface area contributed by atoms with E-state index in [1.165, 1.54) is 0 Å². The van der Waals surface area contributed by atoms with Gasteiger partial charge in [0.2, 0.25) is 10.0 Å². The van der Waals surface area contributed by atoms with Gasteiger partial charge in [0.15, 0.2) is 0 Å². The Morgan fingerprint density at radius 1 is 1.35 bits per heavy atom. The Hall–Kier alpha value is -0.850. The maximum absolute atomic E-state index is 12.3. The highest BCUT2D eigenvalue weighted by Gasteiger charge is 2.24. The first kappa shape index (κ1) is 15.5. The lowest BCUT2D eigenvalue weighted by molar-refractivity contribution is 0.552. The van der Waals surface area contributed by atoms with Crippen LogP contribution >= 0.6 is 0 Å². The highest BCUT2D eigenvalue weighted by molar-refractivity contribution is 7.89. The van der Waals surface area contributed by atoms with Gasteiger partial charge >= 0.3 is 0 Å². The zero-order valence-electron chi connectivity index (χ0n) is 12.5. The quantitative estimate of drug-likeness (QED) is 0.841. The van der Waals surface area contributed by atoms with Crippen molar-refractivity contribution in [2.24, 2.45) is 7.05 Å². The summed E-state index contributed by atoms with van der Waals surface area (Å²) in [6, 6.07) is 2.24. The summed E-state index contributed by atoms with van der Waals surface area (Å²) < 4.78 is 29.4. The fourth-order valence-electron chi connectivity index (χ4n) is 2.54. The molecule has 5 nitrogen and oxygen atoms in total. The maximum Gasteiger partial charge on any atom is 0.242 e. The minimum absolute atomic E-state index is 0.109. The fraction of sp³-hybridized carbons (Fsp3) is 0.714. The van der Waals surface area contributed by atoms with Crippen molar-refractivity contribution >= 4 is 10.0 Å². The predicted octanol–water partition coefficient (Wildman–Crippen LogP) is 1.74. The number of aromatic nitrogens is 1. The number of nitrogens with one attached hydrogen (secondary N) is 2. The molecule has 0 spiro atoms. The Kier molecular flexibility index (Phi) is 4.88. The van der Waals surface area contributed by atoms with E-state index < -0.39 is 10.0 Å². The normalized spacial score (nSPS) is 17.2. The molecule has 0 unspecified atom stereocenters. The third kappa shape index (κ3) is 3.84. The van der Waals surface area contributed by atoms with Crippen molar-refractivity contribution in [1.82, 2.24) is 14.6 Å². The molecule has 114 valence electrons. The van der Waals surface area contributed by atoms with E-state index >= 15 is 0 Å². The van der Waals surface area contributed by atoms with E-state index in [4.69, 9.17) is 0 Å². The van der Waals surface area contributed by atoms with Gasteiger partial charge in [0.05, 0.1) is 4.90 Å². The molecule has 0 atom stereocenters. The van der Waals surface area contributed by atoms with Gasteiger partial charge in [-0.2, -0.15) is 0 Å². The molecule has 0 bridgehead atoms. The van der Waals surface area contributed by atoms with Gasteiger partial charge in [-0.25, -0.2) is 13.1 Å². The number of aryl methyl sites for hydroxylation is 1. The average molecular weight is 299 g/mol. The van der Waals surface area contributed by atoms with Crippen LogP contribution in [-0.2, 0) is 23.6 Å². The molecule has 1 aromatic rings. The predicted molar refractivity (Wildman–Crippen MR) is 80.0 cm³/mol. The topological polar surface area (TPSA) is 63.1 Å². The fourth-order valence-corrected chi connectivity index (χ4v) is 3.94. The maximum atomic E-state index is 12.3. The molecule has 6 heteroatoms. The standard InChI is InChI=1S/C14H25N3O2S/c1-11(2)15-9-13-8-14(10-17(13)3)20(18,19)16-12-6-4-5-7-12/h8,10-12,15-16H,4-7,9H2,1-3H3. The lowest BCUT2D eigenvalue weighted by Crippen LogP contribution is -2.32. The van der Waals surface area contributed by atoms with E-state index in [0.717, 1.165) is 31.4 Å². The molecule has 0 aromatic carbocycles. The summed E-state index contributed by atoms with van der Waals surface area (Å²) in [6.45, 7) is 4.82. The zero-order valence-corrected chi connectivity index (χ0v) is 13.3. The van der Waals surface area contributed by atoms with Gasteiger partial charge in [0.25, 0.3) is 0 Å². The lowest BCUT2D eigenvalue weighted by Gasteiger charge is -2.11. The summed E-state index contributed by atoms with van der Waals surface area (Å²) in [7, 11) is -1.50. The second kappa shape index (κ2) is 6.28. The number of nitrogens with zero attached hydrogens (tertiary/aromatic N) is 1. The van der Waals surface area contributed by atoms with E-state index in [1.807, 2.05) is 11.6 Å². The largest absolute Gasteiger partial charge is 0.352 e. The van der Waals surface area contributed by atoms with Crippen LogP contribution in [0.1, 0.15) is 45.2 Å². The first-order valence-electron chi connectivity index (χ1n) is 7.29. The molecule has 0 aliphatic heterocycles. The minimum Gasteiger partial charge on any atom is -0.352 e. The van der Waals surface area contributed by atoms with Crippen molar-refractivity contribution in [2.45, 2.75) is 63.1 Å². The Morgan fingerprint density at radius 3 is 2.60 bits per heavy atom. The van der Waals surface area contributed by atoms with Crippen LogP contribution < -0.4 is 10.0 Å². The number of rotatable bonds is 6. The molecule has 1 fully saturated rings. The number of hydrogen-bond donors (Lipinski definition) is 2. The van der Waals surface area contributed by atoms with Crippen LogP contribution in [-0.4, -0.2) is 25.1 Å². The van der Waals surface area contributed by atoms with E-state index in [1.54, 1.807) is 12.3 Å². The minimum atomic E-state index is -3.38. The Bertz CT molecular complexity index is 543. The van der Waals surface area contributed by atoms with Crippen LogP contribution in [0.15, 0.2) is 17.2 Å². The van der Waals surface area contributed by atoms with Crippen LogP contribution in [0, 0.1) is 0 Å². The van der Waals surface area contributed by atoms with Crippen molar-refractivity contribution in [3.05, 3.63) is 18.0 Å². The van der Waals surface area contributed by atoms with Crippen LogP contribution in [0.2, 0.25) is 0 Å². The molecule has 0 saturated heterocycles. The first-order chi connectivity index (χ1) is 9.38. The van der Waals surface area contributed by atoms with Crippen LogP contribution in [0.4, 0.5) is 0 Å². The SMILES string of the molecule is CC(C)NCc1cc(S(=O)(=O)NC2CCCC2)cn1C. The summed E-state index contributed by atoms with van der Waals surface area (Å²) in [5.41, 5.74) is 0.977. The first-order valence-corrected chi connectivity index (χ1v) is 8.78. The smallest absolute Gasteiger partial charge is 0.242 e. The molecule has 2 N–H and O–H groups in total. The van der Waals surface area contributed by atoms with E-state index in [-0.39, 0.29) is 6.04 Å². The summed E-state index contributed by atoms with van der Waals surface area (Å²) in [6.07, 6.45) is 5.83. The van der Waals surface area contributed by atoms with Gasteiger partial charge < -0.3 is 9.88 Å². The zero-order chi connectivity index (χ0) is 14.8. The number of hydrogen-bond acceptors (Lipinski definition) is 3. The van der Waals surface area contributed by atoms with Gasteiger partial charge in [0.1, 0.15) is 0 Å². The molecule has 1 heterocycles. The Balaban J connectivity index is 2.09. The van der Waals surface area contributed by atoms with E-state index in [0.29, 0.717) is 17.5 Å². The second-order valence-corrected chi connectivity index (χ2v) is 7.63. The Morgan fingerprint density at radius 2 is 2.00 bits per heavy atom. The van der Waals surface area contributed by atoms with Gasteiger partial charge in [-0.1, -0.05) is 26.7 Å². The third-order valence-corrected chi connectivity index (χ3v) is 5.25. The highest BCUT2D eigenvalue weighted by Crippen LogP contribution is 2.21. The molecule has 1 saturated carbocycles. The average Bonchev–Trinajstić information content (AvgIpc) is 2.96. The number of sulfonamides is 1. The molecule has 1 aliphatic carbocycles. The van der Waals surface area contributed by atoms with Gasteiger partial charge in [-0.3, -0.25) is 0 Å². The van der Waals surface area contributed by atoms with Crippen LogP contribution in [0.5, 0.6) is 0 Å². The van der Waals surface area contributed by atoms with E-state index in [2.05, 4.69) is 23.9 Å². The monoisotopic (exact) mass is 299 g/mol. The summed E-state index contributed by atoms with van der Waals surface area (Å²) in [5.74, 6) is 0. The van der Waals surface area contributed by atoms with Crippen molar-refractivity contribution < 1.29 is 8.42 Å². The highest BCUT2D eigenvalue weighted by atomic mass is 32.2. The lowest BCUT2D eigenvalue weighted by atomic mass is 10.3. The molecule has 1 aliphatic rings. The van der Waals surface area contributed by atoms with Crippen molar-refractivity contribution in [1.29, 1.82) is 0 Å². The summed E-state index contributed by atoms with van der Waals surface area (Å²) in [4.78, 5) is 0.368. The van der Waals surface area contributed by atoms with Crippen LogP contribution in [0.25, 0.3) is 0 Å². The van der Waals surface area contributed by atoms with Crippen molar-refractivity contribution in [2.75, 3.05) is 0 Å². The van der Waals surface area contributed by atoms with Crippen LogP contribution in [0.3, 0.4) is 0 Å². The second-order valence-electron chi connectivity index (χ2n) is 5.92. The summed E-state index contributed by atoms with van der Waals surface area (Å²) in [5, 5.41) is 3.30. The van der Waals surface area contributed by atoms with Crippen molar-refractivity contribution in [3.63, 3.8) is 0 Å². The molecule has 0 radical (unpaired) electrons.